The van der Waals surface area contributed by atoms with Crippen LogP contribution in [0.15, 0.2) is 28.3 Å². The van der Waals surface area contributed by atoms with Gasteiger partial charge in [-0.05, 0) is 45.9 Å². The van der Waals surface area contributed by atoms with Crippen molar-refractivity contribution in [2.24, 2.45) is 0 Å². The topological polar surface area (TPSA) is 72.3 Å². The molecule has 0 bridgehead atoms. The standard InChI is InChI=1S/C18H27N3O3S2/c1-7-20(8-2)26(23,24)15-9-10-17-16(11-15)19-18(21(17)12(3)4)25-14(6)13(5)22/h9-12,14H,7-8H2,1-6H3. The molecule has 1 aromatic carbocycles. The maximum atomic E-state index is 12.8. The molecule has 1 atom stereocenters. The fourth-order valence-electron chi connectivity index (χ4n) is 2.75. The fraction of sp³-hybridized carbons (Fsp3) is 0.556. The molecule has 6 nitrogen and oxygen atoms in total. The minimum atomic E-state index is -3.53. The predicted octanol–water partition coefficient (Wildman–Crippen LogP) is 3.72. The Balaban J connectivity index is 2.58. The molecule has 2 rings (SSSR count). The second-order valence-electron chi connectivity index (χ2n) is 6.47. The summed E-state index contributed by atoms with van der Waals surface area (Å²) in [6.07, 6.45) is 0. The van der Waals surface area contributed by atoms with Crippen molar-refractivity contribution < 1.29 is 13.2 Å². The smallest absolute Gasteiger partial charge is 0.243 e. The van der Waals surface area contributed by atoms with Gasteiger partial charge in [0.2, 0.25) is 10.0 Å². The summed E-state index contributed by atoms with van der Waals surface area (Å²) >= 11 is 1.40. The third-order valence-corrected chi connectivity index (χ3v) is 7.57. The second-order valence-corrected chi connectivity index (χ2v) is 9.71. The Kier molecular flexibility index (Phi) is 6.52. The average molecular weight is 398 g/mol. The molecule has 1 aromatic heterocycles. The van der Waals surface area contributed by atoms with E-state index in [-0.39, 0.29) is 22.0 Å². The number of imidazole rings is 1. The molecule has 0 fully saturated rings. The molecule has 0 N–H and O–H groups in total. The molecule has 0 aliphatic heterocycles. The first-order chi connectivity index (χ1) is 12.1. The van der Waals surface area contributed by atoms with E-state index in [0.29, 0.717) is 18.6 Å². The van der Waals surface area contributed by atoms with Gasteiger partial charge in [0.15, 0.2) is 5.16 Å². The van der Waals surface area contributed by atoms with E-state index in [4.69, 9.17) is 0 Å². The highest BCUT2D eigenvalue weighted by Crippen LogP contribution is 2.32. The van der Waals surface area contributed by atoms with E-state index in [1.165, 1.54) is 16.1 Å². The van der Waals surface area contributed by atoms with E-state index in [9.17, 15) is 13.2 Å². The fourth-order valence-corrected chi connectivity index (χ4v) is 5.29. The van der Waals surface area contributed by atoms with Gasteiger partial charge >= 0.3 is 0 Å². The number of rotatable bonds is 8. The number of hydrogen-bond acceptors (Lipinski definition) is 5. The maximum Gasteiger partial charge on any atom is 0.243 e. The molecule has 0 amide bonds. The van der Waals surface area contributed by atoms with Gasteiger partial charge in [0.05, 0.1) is 21.2 Å². The molecule has 1 heterocycles. The Morgan fingerprint density at radius 2 is 1.85 bits per heavy atom. The molecule has 1 unspecified atom stereocenters. The Labute approximate surface area is 160 Å². The zero-order chi connectivity index (χ0) is 19.6. The highest BCUT2D eigenvalue weighted by Gasteiger charge is 2.24. The molecule has 0 saturated heterocycles. The van der Waals surface area contributed by atoms with Crippen molar-refractivity contribution in [2.45, 2.75) is 62.9 Å². The molecule has 0 aliphatic rings. The van der Waals surface area contributed by atoms with Crippen LogP contribution in [0.3, 0.4) is 0 Å². The zero-order valence-electron chi connectivity index (χ0n) is 16.2. The minimum absolute atomic E-state index is 0.0853. The summed E-state index contributed by atoms with van der Waals surface area (Å²) in [5.74, 6) is 0.0853. The number of Topliss-reactive ketones (excluding diaryl/α,β-unsaturated/α-hetero) is 1. The van der Waals surface area contributed by atoms with Crippen molar-refractivity contribution in [3.05, 3.63) is 18.2 Å². The lowest BCUT2D eigenvalue weighted by Crippen LogP contribution is -2.30. The van der Waals surface area contributed by atoms with Crippen LogP contribution in [0, 0.1) is 0 Å². The van der Waals surface area contributed by atoms with Crippen molar-refractivity contribution in [1.29, 1.82) is 0 Å². The third-order valence-electron chi connectivity index (χ3n) is 4.34. The van der Waals surface area contributed by atoms with Gasteiger partial charge in [-0.2, -0.15) is 4.31 Å². The maximum absolute atomic E-state index is 12.8. The number of carbonyl (C=O) groups excluding carboxylic acids is 1. The number of sulfonamides is 1. The highest BCUT2D eigenvalue weighted by molar-refractivity contribution is 8.00. The van der Waals surface area contributed by atoms with Gasteiger partial charge in [-0.1, -0.05) is 25.6 Å². The van der Waals surface area contributed by atoms with Gasteiger partial charge < -0.3 is 4.57 Å². The number of fused-ring (bicyclic) bond motifs is 1. The van der Waals surface area contributed by atoms with Gasteiger partial charge in [0.25, 0.3) is 0 Å². The summed E-state index contributed by atoms with van der Waals surface area (Å²) in [4.78, 5) is 16.5. The van der Waals surface area contributed by atoms with Crippen LogP contribution in [0.2, 0.25) is 0 Å². The number of hydrogen-bond donors (Lipinski definition) is 0. The van der Waals surface area contributed by atoms with Gasteiger partial charge in [0.1, 0.15) is 5.78 Å². The van der Waals surface area contributed by atoms with Crippen molar-refractivity contribution in [3.63, 3.8) is 0 Å². The van der Waals surface area contributed by atoms with Crippen LogP contribution in [0.5, 0.6) is 0 Å². The van der Waals surface area contributed by atoms with Gasteiger partial charge in [0, 0.05) is 19.1 Å². The number of nitrogens with zero attached hydrogens (tertiary/aromatic N) is 3. The predicted molar refractivity (Wildman–Crippen MR) is 106 cm³/mol. The number of carbonyl (C=O) groups is 1. The van der Waals surface area contributed by atoms with Crippen LogP contribution in [0.25, 0.3) is 11.0 Å². The molecule has 0 spiro atoms. The third kappa shape index (κ3) is 3.97. The average Bonchev–Trinajstić information content (AvgIpc) is 2.92. The summed E-state index contributed by atoms with van der Waals surface area (Å²) in [6, 6.07) is 5.22. The molecule has 0 radical (unpaired) electrons. The molecular formula is C18H27N3O3S2. The monoisotopic (exact) mass is 397 g/mol. The van der Waals surface area contributed by atoms with Crippen molar-refractivity contribution >= 4 is 38.6 Å². The summed E-state index contributed by atoms with van der Waals surface area (Å²) in [5, 5.41) is 0.526. The zero-order valence-corrected chi connectivity index (χ0v) is 17.8. The number of thioether (sulfide) groups is 1. The van der Waals surface area contributed by atoms with Crippen LogP contribution in [-0.4, -0.2) is 46.4 Å². The molecule has 8 heteroatoms. The molecular weight excluding hydrogens is 370 g/mol. The van der Waals surface area contributed by atoms with E-state index in [0.717, 1.165) is 10.7 Å². The first-order valence-electron chi connectivity index (χ1n) is 8.82. The Bertz CT molecular complexity index is 900. The summed E-state index contributed by atoms with van der Waals surface area (Å²) in [5.41, 5.74) is 1.50. The summed E-state index contributed by atoms with van der Waals surface area (Å²) in [7, 11) is -3.53. The van der Waals surface area contributed by atoms with Crippen molar-refractivity contribution in [2.75, 3.05) is 13.1 Å². The summed E-state index contributed by atoms with van der Waals surface area (Å²) < 4.78 is 29.0. The van der Waals surface area contributed by atoms with Crippen LogP contribution in [-0.2, 0) is 14.8 Å². The lowest BCUT2D eigenvalue weighted by atomic mass is 10.3. The van der Waals surface area contributed by atoms with E-state index < -0.39 is 10.0 Å². The SMILES string of the molecule is CCN(CC)S(=O)(=O)c1ccc2c(c1)nc(SC(C)C(C)=O)n2C(C)C. The lowest BCUT2D eigenvalue weighted by molar-refractivity contribution is -0.116. The molecule has 0 saturated carbocycles. The largest absolute Gasteiger partial charge is 0.316 e. The first kappa shape index (κ1) is 20.9. The summed E-state index contributed by atoms with van der Waals surface area (Å²) in [6.45, 7) is 12.0. The van der Waals surface area contributed by atoms with Crippen LogP contribution in [0.1, 0.15) is 47.6 Å². The number of aromatic nitrogens is 2. The van der Waals surface area contributed by atoms with Crippen LogP contribution < -0.4 is 0 Å². The Hall–Kier alpha value is -1.38. The molecule has 0 aliphatic carbocycles. The van der Waals surface area contributed by atoms with E-state index in [1.807, 2.05) is 39.2 Å². The van der Waals surface area contributed by atoms with Gasteiger partial charge in [-0.15, -0.1) is 0 Å². The number of benzene rings is 1. The second kappa shape index (κ2) is 8.10. The van der Waals surface area contributed by atoms with E-state index >= 15 is 0 Å². The van der Waals surface area contributed by atoms with E-state index in [2.05, 4.69) is 4.98 Å². The quantitative estimate of drug-likeness (QED) is 0.635. The number of ketones is 1. The molecule has 2 aromatic rings. The van der Waals surface area contributed by atoms with Crippen molar-refractivity contribution in [1.82, 2.24) is 13.9 Å². The van der Waals surface area contributed by atoms with Gasteiger partial charge in [-0.25, -0.2) is 13.4 Å². The van der Waals surface area contributed by atoms with Crippen LogP contribution in [0.4, 0.5) is 0 Å². The molecule has 26 heavy (non-hydrogen) atoms. The first-order valence-corrected chi connectivity index (χ1v) is 11.1. The van der Waals surface area contributed by atoms with Gasteiger partial charge in [-0.3, -0.25) is 4.79 Å². The van der Waals surface area contributed by atoms with E-state index in [1.54, 1.807) is 25.1 Å². The minimum Gasteiger partial charge on any atom is -0.316 e. The Morgan fingerprint density at radius 3 is 2.35 bits per heavy atom. The van der Waals surface area contributed by atoms with Crippen LogP contribution >= 0.6 is 11.8 Å². The normalized spacial score (nSPS) is 13.7. The van der Waals surface area contributed by atoms with Crippen molar-refractivity contribution in [3.8, 4) is 0 Å². The lowest BCUT2D eigenvalue weighted by Gasteiger charge is -2.18. The highest BCUT2D eigenvalue weighted by atomic mass is 32.2. The Morgan fingerprint density at radius 1 is 1.23 bits per heavy atom. The molecule has 144 valence electrons.